The summed E-state index contributed by atoms with van der Waals surface area (Å²) in [5.74, 6) is 0.413. The molecule has 3 rings (SSSR count). The Morgan fingerprint density at radius 1 is 0.958 bits per heavy atom. The maximum Gasteiger partial charge on any atom is 0.498 e. The van der Waals surface area contributed by atoms with Crippen LogP contribution in [0.4, 0.5) is 4.39 Å². The first-order valence-electron chi connectivity index (χ1n) is 8.10. The molecule has 2 aromatic carbocycles. The van der Waals surface area contributed by atoms with Gasteiger partial charge in [-0.15, -0.1) is 0 Å². The van der Waals surface area contributed by atoms with Crippen LogP contribution < -0.4 is 10.2 Å². The molecule has 0 amide bonds. The maximum absolute atomic E-state index is 13.3. The van der Waals surface area contributed by atoms with E-state index in [-0.39, 0.29) is 12.4 Å². The van der Waals surface area contributed by atoms with Gasteiger partial charge in [0.05, 0.1) is 11.2 Å². The van der Waals surface area contributed by atoms with Crippen LogP contribution in [0.25, 0.3) is 0 Å². The molecule has 0 spiro atoms. The molecule has 0 atom stereocenters. The highest BCUT2D eigenvalue weighted by atomic mass is 19.1. The van der Waals surface area contributed by atoms with Gasteiger partial charge in [-0.1, -0.05) is 30.3 Å². The minimum atomic E-state index is -0.487. The first-order chi connectivity index (χ1) is 11.3. The summed E-state index contributed by atoms with van der Waals surface area (Å²) in [6.07, 6.45) is 0. The fourth-order valence-electron chi connectivity index (χ4n) is 2.56. The molecule has 126 valence electrons. The zero-order chi connectivity index (χ0) is 17.4. The van der Waals surface area contributed by atoms with Crippen molar-refractivity contribution in [3.05, 3.63) is 59.9 Å². The van der Waals surface area contributed by atoms with Crippen molar-refractivity contribution in [2.45, 2.75) is 45.5 Å². The van der Waals surface area contributed by atoms with Crippen molar-refractivity contribution in [3.63, 3.8) is 0 Å². The van der Waals surface area contributed by atoms with Crippen molar-refractivity contribution in [1.82, 2.24) is 0 Å². The van der Waals surface area contributed by atoms with Crippen LogP contribution in [0.15, 0.2) is 48.5 Å². The van der Waals surface area contributed by atoms with E-state index in [4.69, 9.17) is 14.0 Å². The predicted molar refractivity (Wildman–Crippen MR) is 92.9 cm³/mol. The van der Waals surface area contributed by atoms with Crippen LogP contribution in [0, 0.1) is 5.82 Å². The molecule has 1 saturated heterocycles. The minimum absolute atomic E-state index is 0.268. The van der Waals surface area contributed by atoms with E-state index < -0.39 is 18.3 Å². The van der Waals surface area contributed by atoms with E-state index in [1.54, 1.807) is 6.07 Å². The average Bonchev–Trinajstić information content (AvgIpc) is 2.74. The summed E-state index contributed by atoms with van der Waals surface area (Å²) in [7, 11) is -0.487. The molecule has 2 aromatic rings. The third-order valence-electron chi connectivity index (χ3n) is 4.71. The normalized spacial score (nSPS) is 18.6. The van der Waals surface area contributed by atoms with Gasteiger partial charge in [-0.2, -0.15) is 0 Å². The van der Waals surface area contributed by atoms with E-state index in [1.807, 2.05) is 58.0 Å². The fourth-order valence-corrected chi connectivity index (χ4v) is 2.56. The van der Waals surface area contributed by atoms with Crippen molar-refractivity contribution in [2.24, 2.45) is 0 Å². The van der Waals surface area contributed by atoms with Gasteiger partial charge in [0, 0.05) is 5.46 Å². The Kier molecular flexibility index (Phi) is 4.41. The zero-order valence-electron chi connectivity index (χ0n) is 14.5. The number of para-hydroxylation sites is 1. The van der Waals surface area contributed by atoms with Crippen LogP contribution in [0.1, 0.15) is 33.3 Å². The molecule has 24 heavy (non-hydrogen) atoms. The highest BCUT2D eigenvalue weighted by Gasteiger charge is 2.52. The lowest BCUT2D eigenvalue weighted by Crippen LogP contribution is -2.41. The maximum atomic E-state index is 13.3. The van der Waals surface area contributed by atoms with Crippen molar-refractivity contribution < 1.29 is 18.4 Å². The van der Waals surface area contributed by atoms with Gasteiger partial charge in [0.1, 0.15) is 18.2 Å². The summed E-state index contributed by atoms with van der Waals surface area (Å²) in [6.45, 7) is 8.35. The summed E-state index contributed by atoms with van der Waals surface area (Å²) < 4.78 is 31.4. The van der Waals surface area contributed by atoms with E-state index in [9.17, 15) is 4.39 Å². The second-order valence-corrected chi connectivity index (χ2v) is 7.04. The molecule has 0 bridgehead atoms. The molecule has 1 aliphatic rings. The summed E-state index contributed by atoms with van der Waals surface area (Å²) in [5.41, 5.74) is 0.798. The molecule has 0 radical (unpaired) electrons. The van der Waals surface area contributed by atoms with Crippen LogP contribution in [0.2, 0.25) is 0 Å². The van der Waals surface area contributed by atoms with E-state index in [2.05, 4.69) is 0 Å². The Balaban J connectivity index is 1.79. The number of hydrogen-bond donors (Lipinski definition) is 0. The highest BCUT2D eigenvalue weighted by molar-refractivity contribution is 6.63. The van der Waals surface area contributed by atoms with Gasteiger partial charge >= 0.3 is 7.12 Å². The molecule has 5 heteroatoms. The Hall–Kier alpha value is -1.85. The SMILES string of the molecule is CC1(C)OB(c2ccccc2OCc2cccc(F)c2)OC1(C)C. The minimum Gasteiger partial charge on any atom is -0.489 e. The monoisotopic (exact) mass is 328 g/mol. The molecule has 1 fully saturated rings. The summed E-state index contributed by atoms with van der Waals surface area (Å²) in [5, 5.41) is 0. The van der Waals surface area contributed by atoms with Crippen molar-refractivity contribution in [3.8, 4) is 5.75 Å². The second kappa shape index (κ2) is 6.23. The van der Waals surface area contributed by atoms with E-state index >= 15 is 0 Å². The molecular weight excluding hydrogens is 306 g/mol. The molecule has 0 unspecified atom stereocenters. The van der Waals surface area contributed by atoms with Gasteiger partial charge in [0.15, 0.2) is 0 Å². The third kappa shape index (κ3) is 3.33. The Morgan fingerprint density at radius 3 is 2.29 bits per heavy atom. The molecule has 0 N–H and O–H groups in total. The quantitative estimate of drug-likeness (QED) is 0.801. The lowest BCUT2D eigenvalue weighted by atomic mass is 9.78. The number of halogens is 1. The predicted octanol–water partition coefficient (Wildman–Crippen LogP) is 3.70. The zero-order valence-corrected chi connectivity index (χ0v) is 14.5. The second-order valence-electron chi connectivity index (χ2n) is 7.04. The third-order valence-corrected chi connectivity index (χ3v) is 4.71. The van der Waals surface area contributed by atoms with Crippen LogP contribution in [-0.2, 0) is 15.9 Å². The van der Waals surface area contributed by atoms with Crippen LogP contribution >= 0.6 is 0 Å². The first-order valence-corrected chi connectivity index (χ1v) is 8.10. The van der Waals surface area contributed by atoms with Crippen molar-refractivity contribution in [1.29, 1.82) is 0 Å². The number of rotatable bonds is 4. The first kappa shape index (κ1) is 17.0. The number of hydrogen-bond acceptors (Lipinski definition) is 3. The van der Waals surface area contributed by atoms with Crippen LogP contribution in [0.3, 0.4) is 0 Å². The highest BCUT2D eigenvalue weighted by Crippen LogP contribution is 2.37. The lowest BCUT2D eigenvalue weighted by molar-refractivity contribution is 0.00578. The molecule has 1 heterocycles. The summed E-state index contributed by atoms with van der Waals surface area (Å²) in [4.78, 5) is 0. The molecule has 1 aliphatic heterocycles. The molecule has 3 nitrogen and oxygen atoms in total. The largest absolute Gasteiger partial charge is 0.498 e. The Labute approximate surface area is 142 Å². The van der Waals surface area contributed by atoms with Crippen molar-refractivity contribution >= 4 is 12.6 Å². The molecule has 0 saturated carbocycles. The Morgan fingerprint density at radius 2 is 1.62 bits per heavy atom. The van der Waals surface area contributed by atoms with Gasteiger partial charge in [-0.25, -0.2) is 4.39 Å². The van der Waals surface area contributed by atoms with Crippen LogP contribution in [0.5, 0.6) is 5.75 Å². The number of ether oxygens (including phenoxy) is 1. The fraction of sp³-hybridized carbons (Fsp3) is 0.368. The van der Waals surface area contributed by atoms with E-state index in [0.29, 0.717) is 5.75 Å². The van der Waals surface area contributed by atoms with E-state index in [0.717, 1.165) is 11.0 Å². The van der Waals surface area contributed by atoms with Gasteiger partial charge in [-0.3, -0.25) is 0 Å². The standard InChI is InChI=1S/C19H22BFO3/c1-18(2)19(3,4)24-20(23-18)16-10-5-6-11-17(16)22-13-14-8-7-9-15(21)12-14/h5-12H,13H2,1-4H3. The van der Waals surface area contributed by atoms with Gasteiger partial charge < -0.3 is 14.0 Å². The molecule has 0 aromatic heterocycles. The van der Waals surface area contributed by atoms with Gasteiger partial charge in [0.25, 0.3) is 0 Å². The molecule has 0 aliphatic carbocycles. The summed E-state index contributed by atoms with van der Waals surface area (Å²) in [6, 6.07) is 14.0. The average molecular weight is 328 g/mol. The number of benzene rings is 2. The van der Waals surface area contributed by atoms with Crippen LogP contribution in [-0.4, -0.2) is 18.3 Å². The van der Waals surface area contributed by atoms with Gasteiger partial charge in [0.2, 0.25) is 0 Å². The lowest BCUT2D eigenvalue weighted by Gasteiger charge is -2.32. The smallest absolute Gasteiger partial charge is 0.489 e. The van der Waals surface area contributed by atoms with Crippen molar-refractivity contribution in [2.75, 3.05) is 0 Å². The van der Waals surface area contributed by atoms with Gasteiger partial charge in [-0.05, 0) is 51.5 Å². The Bertz CT molecular complexity index is 714. The topological polar surface area (TPSA) is 27.7 Å². The summed E-state index contributed by atoms with van der Waals surface area (Å²) >= 11 is 0. The van der Waals surface area contributed by atoms with E-state index in [1.165, 1.54) is 12.1 Å². The molecular formula is C19H22BFO3.